The number of nitrogens with zero attached hydrogens (tertiary/aromatic N) is 1. The first-order chi connectivity index (χ1) is 32.4. The Bertz CT molecular complexity index is 2530. The van der Waals surface area contributed by atoms with Crippen LogP contribution in [0.1, 0.15) is 114 Å². The van der Waals surface area contributed by atoms with Crippen LogP contribution in [0.2, 0.25) is 0 Å². The average Bonchev–Trinajstić information content (AvgIpc) is 3.89. The third-order valence-electron chi connectivity index (χ3n) is 12.4. The number of carbonyl (C=O) groups excluding carboxylic acids is 5. The molecule has 0 saturated heterocycles. The molecule has 0 radical (unpaired) electrons. The summed E-state index contributed by atoms with van der Waals surface area (Å²) >= 11 is 0. The van der Waals surface area contributed by atoms with Gasteiger partial charge in [0.1, 0.15) is 12.4 Å². The number of fused-ring (bicyclic) bond motifs is 4. The normalized spacial score (nSPS) is 14.5. The predicted octanol–water partition coefficient (Wildman–Crippen LogP) is 7.52. The molecule has 16 heteroatoms. The van der Waals surface area contributed by atoms with E-state index < -0.39 is 17.5 Å². The first kappa shape index (κ1) is 51.0. The van der Waals surface area contributed by atoms with Gasteiger partial charge in [-0.15, -0.1) is 0 Å². The second kappa shape index (κ2) is 22.6. The van der Waals surface area contributed by atoms with E-state index in [1.54, 1.807) is 33.1 Å². The molecule has 1 aromatic heterocycles. The maximum Gasteiger partial charge on any atom is 0.409 e. The lowest BCUT2D eigenvalue weighted by Crippen LogP contribution is -2.39. The number of aromatic nitrogens is 1. The van der Waals surface area contributed by atoms with Gasteiger partial charge in [-0.3, -0.25) is 19.2 Å². The lowest BCUT2D eigenvalue weighted by molar-refractivity contribution is -0.124. The smallest absolute Gasteiger partial charge is 0.409 e. The van der Waals surface area contributed by atoms with Crippen LogP contribution in [-0.4, -0.2) is 117 Å². The summed E-state index contributed by atoms with van der Waals surface area (Å²) in [5.74, 6) is -1.99. The maximum atomic E-state index is 14.0. The van der Waals surface area contributed by atoms with Gasteiger partial charge in [-0.25, -0.2) is 9.18 Å². The Morgan fingerprint density at radius 1 is 0.809 bits per heavy atom. The molecule has 15 nitrogen and oxygen atoms in total. The number of carbonyl (C=O) groups is 5. The molecule has 1 atom stereocenters. The van der Waals surface area contributed by atoms with Crippen LogP contribution in [0.4, 0.5) is 14.9 Å². The molecule has 3 aromatic carbocycles. The number of benzene rings is 3. The van der Waals surface area contributed by atoms with Crippen molar-refractivity contribution in [3.05, 3.63) is 111 Å². The minimum Gasteiger partial charge on any atom is -0.448 e. The molecule has 1 aliphatic heterocycles. The molecule has 6 rings (SSSR count). The van der Waals surface area contributed by atoms with Crippen LogP contribution in [-0.2, 0) is 28.5 Å². The molecular formula is C52H65FN6O9. The highest BCUT2D eigenvalue weighted by molar-refractivity contribution is 6.35. The van der Waals surface area contributed by atoms with Crippen molar-refractivity contribution in [3.63, 3.8) is 0 Å². The summed E-state index contributed by atoms with van der Waals surface area (Å²) in [6, 6.07) is 17.5. The second-order valence-electron chi connectivity index (χ2n) is 18.3. The van der Waals surface area contributed by atoms with Crippen LogP contribution >= 0.6 is 0 Å². The Hall–Kier alpha value is -6.36. The number of ether oxygens (including phenoxy) is 4. The average molecular weight is 937 g/mol. The highest BCUT2D eigenvalue weighted by Crippen LogP contribution is 2.45. The molecule has 5 amide bonds. The Morgan fingerprint density at radius 2 is 1.50 bits per heavy atom. The number of halogens is 1. The van der Waals surface area contributed by atoms with Crippen LogP contribution in [0.5, 0.6) is 0 Å². The molecule has 364 valence electrons. The van der Waals surface area contributed by atoms with Crippen molar-refractivity contribution in [2.24, 2.45) is 0 Å². The second-order valence-corrected chi connectivity index (χ2v) is 18.3. The maximum absolute atomic E-state index is 14.0. The quantitative estimate of drug-likeness (QED) is 0.0370. The molecule has 0 spiro atoms. The van der Waals surface area contributed by atoms with Gasteiger partial charge in [0.05, 0.1) is 35.6 Å². The molecule has 1 unspecified atom stereocenters. The molecule has 4 aromatic rings. The van der Waals surface area contributed by atoms with Crippen molar-refractivity contribution in [2.75, 3.05) is 71.6 Å². The monoisotopic (exact) mass is 936 g/mol. The number of amides is 5. The highest BCUT2D eigenvalue weighted by Gasteiger charge is 2.32. The Balaban J connectivity index is 0.965. The van der Waals surface area contributed by atoms with Gasteiger partial charge in [-0.05, 0) is 126 Å². The van der Waals surface area contributed by atoms with Crippen LogP contribution in [0, 0.1) is 19.7 Å². The number of hydrogen-bond donors (Lipinski definition) is 5. The molecule has 68 heavy (non-hydrogen) atoms. The van der Waals surface area contributed by atoms with Gasteiger partial charge in [0.2, 0.25) is 5.91 Å². The number of rotatable bonds is 23. The largest absolute Gasteiger partial charge is 0.448 e. The minimum atomic E-state index is -0.545. The van der Waals surface area contributed by atoms with E-state index in [1.807, 2.05) is 71.0 Å². The van der Waals surface area contributed by atoms with Gasteiger partial charge >= 0.3 is 6.09 Å². The van der Waals surface area contributed by atoms with E-state index in [0.717, 1.165) is 28.7 Å². The summed E-state index contributed by atoms with van der Waals surface area (Å²) in [5, 5.41) is 11.4. The number of hydrogen-bond acceptors (Lipinski definition) is 9. The van der Waals surface area contributed by atoms with Crippen molar-refractivity contribution in [1.29, 1.82) is 0 Å². The van der Waals surface area contributed by atoms with Gasteiger partial charge in [0.15, 0.2) is 0 Å². The van der Waals surface area contributed by atoms with Crippen molar-refractivity contribution in [3.8, 4) is 11.1 Å². The van der Waals surface area contributed by atoms with E-state index in [9.17, 15) is 28.4 Å². The van der Waals surface area contributed by atoms with E-state index in [4.69, 9.17) is 18.9 Å². The van der Waals surface area contributed by atoms with E-state index >= 15 is 0 Å². The van der Waals surface area contributed by atoms with Crippen LogP contribution in [0.3, 0.4) is 0 Å². The number of likely N-dealkylation sites (N-methyl/N-ethyl adjacent to an activating group) is 1. The summed E-state index contributed by atoms with van der Waals surface area (Å²) in [6.07, 6.45) is 2.71. The van der Waals surface area contributed by atoms with Gasteiger partial charge in [0, 0.05) is 87.0 Å². The Kier molecular flexibility index (Phi) is 17.0. The van der Waals surface area contributed by atoms with Gasteiger partial charge < -0.3 is 50.1 Å². The summed E-state index contributed by atoms with van der Waals surface area (Å²) < 4.78 is 37.1. The van der Waals surface area contributed by atoms with Crippen molar-refractivity contribution < 1.29 is 47.3 Å². The molecule has 0 saturated carbocycles. The van der Waals surface area contributed by atoms with Gasteiger partial charge in [-0.2, -0.15) is 0 Å². The van der Waals surface area contributed by atoms with Crippen LogP contribution < -0.4 is 21.3 Å². The highest BCUT2D eigenvalue weighted by atomic mass is 19.1. The number of H-pyrrole nitrogens is 1. The van der Waals surface area contributed by atoms with Crippen LogP contribution in [0.25, 0.3) is 22.8 Å². The summed E-state index contributed by atoms with van der Waals surface area (Å²) in [5.41, 5.74) is 6.86. The molecule has 0 bridgehead atoms. The molecule has 5 N–H and O–H groups in total. The van der Waals surface area contributed by atoms with Gasteiger partial charge in [0.25, 0.3) is 17.7 Å². The number of methoxy groups -OCH3 is 1. The zero-order valence-corrected chi connectivity index (χ0v) is 40.4. The van der Waals surface area contributed by atoms with Gasteiger partial charge in [-0.1, -0.05) is 30.3 Å². The Morgan fingerprint density at radius 3 is 2.25 bits per heavy atom. The third-order valence-corrected chi connectivity index (χ3v) is 12.4. The van der Waals surface area contributed by atoms with E-state index in [1.165, 1.54) is 23.1 Å². The summed E-state index contributed by atoms with van der Waals surface area (Å²) in [6.45, 7) is 15.9. The topological polar surface area (TPSA) is 189 Å². The van der Waals surface area contributed by atoms with Crippen molar-refractivity contribution in [1.82, 2.24) is 25.8 Å². The number of anilines is 1. The molecule has 0 fully saturated rings. The molecule has 2 aliphatic rings. The number of aryl methyl sites for hydroxylation is 1. The first-order valence-corrected chi connectivity index (χ1v) is 23.2. The predicted molar refractivity (Wildman–Crippen MR) is 259 cm³/mol. The lowest BCUT2D eigenvalue weighted by Gasteiger charge is -2.29. The fourth-order valence-electron chi connectivity index (χ4n) is 8.41. The number of aromatic amines is 1. The third kappa shape index (κ3) is 12.8. The van der Waals surface area contributed by atoms with Crippen molar-refractivity contribution >= 4 is 47.1 Å². The minimum absolute atomic E-state index is 0.0275. The van der Waals surface area contributed by atoms with Crippen LogP contribution in [0.15, 0.2) is 60.7 Å². The van der Waals surface area contributed by atoms with E-state index in [-0.39, 0.29) is 86.5 Å². The molecule has 1 aliphatic carbocycles. The lowest BCUT2D eigenvalue weighted by atomic mass is 9.96. The number of nitrogens with one attached hydrogen (secondary N) is 5. The Labute approximate surface area is 397 Å². The van der Waals surface area contributed by atoms with E-state index in [2.05, 4.69) is 26.3 Å². The fraction of sp³-hybridized carbons (Fsp3) is 0.442. The SMILES string of the molecule is CCN(CCNC(=O)c1c(C)[nH]c(/C=C2\C(=O)Nc3ccc(F)cc32)c1C)C(=O)OCC1c2ccccc2-c2ccc(C(=O)NCCNC(=O)CCOC(C)(C)CCOC(C)(C)CCOC)cc21. The standard InChI is InChI=1S/C52H65FN6O9/c1-9-59(24-23-56-49(63)46-32(2)44(57-33(46)3)30-41-40-29-35(53)15-17-43(40)58-48(41)62)50(64)66-31-42-37-13-11-10-12-36(37)38-16-14-34(28-39(38)42)47(61)55-22-21-54-45(60)18-25-67-52(6,7)20-27-68-51(4,5)19-26-65-8/h10-17,28-30,42,57H,9,18-27,31H2,1-8H3,(H,54,60)(H,55,61)(H,56,63)(H,58,62)/b41-30-. The zero-order valence-electron chi connectivity index (χ0n) is 40.4. The summed E-state index contributed by atoms with van der Waals surface area (Å²) in [7, 11) is 1.67. The fourth-order valence-corrected chi connectivity index (χ4v) is 8.41. The zero-order chi connectivity index (χ0) is 49.2. The summed E-state index contributed by atoms with van der Waals surface area (Å²) in [4.78, 5) is 70.2. The van der Waals surface area contributed by atoms with Crippen molar-refractivity contribution in [2.45, 2.75) is 84.8 Å². The molecular weight excluding hydrogens is 872 g/mol. The molecule has 2 heterocycles. The first-order valence-electron chi connectivity index (χ1n) is 23.2. The van der Waals surface area contributed by atoms with E-state index in [0.29, 0.717) is 65.5 Å².